The molecule has 0 saturated carbocycles. The van der Waals surface area contributed by atoms with E-state index in [0.29, 0.717) is 10.9 Å². The van der Waals surface area contributed by atoms with Crippen molar-refractivity contribution in [2.45, 2.75) is 0 Å². The van der Waals surface area contributed by atoms with Gasteiger partial charge in [0.15, 0.2) is 0 Å². The SMILES string of the molecule is O=[N+]([O-])c1cccc2nc(I)ccc12. The Morgan fingerprint density at radius 2 is 2.07 bits per heavy atom. The van der Waals surface area contributed by atoms with E-state index in [4.69, 9.17) is 0 Å². The Morgan fingerprint density at radius 1 is 1.29 bits per heavy atom. The van der Waals surface area contributed by atoms with Crippen molar-refractivity contribution in [1.82, 2.24) is 4.98 Å². The van der Waals surface area contributed by atoms with Crippen LogP contribution >= 0.6 is 22.6 Å². The van der Waals surface area contributed by atoms with Crippen molar-refractivity contribution in [2.24, 2.45) is 0 Å². The number of pyridine rings is 1. The van der Waals surface area contributed by atoms with Crippen LogP contribution in [0.4, 0.5) is 5.69 Å². The third-order valence-electron chi connectivity index (χ3n) is 1.87. The van der Waals surface area contributed by atoms with Crippen LogP contribution in [0.1, 0.15) is 0 Å². The third-order valence-corrected chi connectivity index (χ3v) is 2.47. The van der Waals surface area contributed by atoms with Crippen molar-refractivity contribution < 1.29 is 4.92 Å². The van der Waals surface area contributed by atoms with Crippen molar-refractivity contribution in [3.8, 4) is 0 Å². The second-order valence-corrected chi connectivity index (χ2v) is 3.84. The highest BCUT2D eigenvalue weighted by Gasteiger charge is 2.10. The predicted molar refractivity (Wildman–Crippen MR) is 61.1 cm³/mol. The van der Waals surface area contributed by atoms with Crippen LogP contribution in [0.15, 0.2) is 30.3 Å². The summed E-state index contributed by atoms with van der Waals surface area (Å²) < 4.78 is 0.829. The Labute approximate surface area is 93.2 Å². The van der Waals surface area contributed by atoms with E-state index >= 15 is 0 Å². The summed E-state index contributed by atoms with van der Waals surface area (Å²) in [6.07, 6.45) is 0. The zero-order valence-corrected chi connectivity index (χ0v) is 9.13. The van der Waals surface area contributed by atoms with Crippen LogP contribution in [0.2, 0.25) is 0 Å². The number of hydrogen-bond donors (Lipinski definition) is 0. The molecule has 4 nitrogen and oxygen atoms in total. The van der Waals surface area contributed by atoms with E-state index in [1.807, 2.05) is 0 Å². The molecule has 2 rings (SSSR count). The molecule has 70 valence electrons. The largest absolute Gasteiger partial charge is 0.278 e. The smallest absolute Gasteiger partial charge is 0.258 e. The van der Waals surface area contributed by atoms with Crippen LogP contribution in [0, 0.1) is 13.8 Å². The topological polar surface area (TPSA) is 56.0 Å². The summed E-state index contributed by atoms with van der Waals surface area (Å²) in [7, 11) is 0. The van der Waals surface area contributed by atoms with Crippen molar-refractivity contribution in [3.63, 3.8) is 0 Å². The van der Waals surface area contributed by atoms with E-state index in [1.54, 1.807) is 24.3 Å². The van der Waals surface area contributed by atoms with Gasteiger partial charge in [-0.3, -0.25) is 10.1 Å². The number of benzene rings is 1. The molecule has 0 N–H and O–H groups in total. The van der Waals surface area contributed by atoms with Crippen LogP contribution in [-0.4, -0.2) is 9.91 Å². The predicted octanol–water partition coefficient (Wildman–Crippen LogP) is 2.75. The molecule has 0 aliphatic carbocycles. The lowest BCUT2D eigenvalue weighted by Crippen LogP contribution is -1.91. The second kappa shape index (κ2) is 3.49. The average molecular weight is 300 g/mol. The molecule has 0 aliphatic rings. The fraction of sp³-hybridized carbons (Fsp3) is 0. The molecule has 1 aromatic carbocycles. The molecule has 0 bridgehead atoms. The lowest BCUT2D eigenvalue weighted by atomic mass is 10.2. The second-order valence-electron chi connectivity index (χ2n) is 2.73. The number of fused-ring (bicyclic) bond motifs is 1. The van der Waals surface area contributed by atoms with Crippen LogP contribution in [-0.2, 0) is 0 Å². The van der Waals surface area contributed by atoms with Crippen LogP contribution in [0.3, 0.4) is 0 Å². The van der Waals surface area contributed by atoms with E-state index in [0.717, 1.165) is 3.70 Å². The maximum atomic E-state index is 10.7. The van der Waals surface area contributed by atoms with Gasteiger partial charge in [0.05, 0.1) is 15.8 Å². The van der Waals surface area contributed by atoms with Gasteiger partial charge in [0.2, 0.25) is 0 Å². The molecule has 0 aliphatic heterocycles. The molecule has 1 aromatic heterocycles. The van der Waals surface area contributed by atoms with Crippen LogP contribution in [0.5, 0.6) is 0 Å². The van der Waals surface area contributed by atoms with Gasteiger partial charge in [-0.2, -0.15) is 0 Å². The first-order chi connectivity index (χ1) is 6.68. The van der Waals surface area contributed by atoms with Crippen molar-refractivity contribution in [1.29, 1.82) is 0 Å². The summed E-state index contributed by atoms with van der Waals surface area (Å²) in [4.78, 5) is 14.5. The van der Waals surface area contributed by atoms with E-state index in [9.17, 15) is 10.1 Å². The Hall–Kier alpha value is -1.24. The number of nitro benzene ring substituents is 1. The fourth-order valence-corrected chi connectivity index (χ4v) is 1.71. The summed E-state index contributed by atoms with van der Waals surface area (Å²) in [6.45, 7) is 0. The molecule has 0 atom stereocenters. The number of rotatable bonds is 1. The van der Waals surface area contributed by atoms with E-state index in [-0.39, 0.29) is 5.69 Å². The number of aromatic nitrogens is 1. The van der Waals surface area contributed by atoms with Gasteiger partial charge in [0, 0.05) is 6.07 Å². The highest BCUT2D eigenvalue weighted by atomic mass is 127. The summed E-state index contributed by atoms with van der Waals surface area (Å²) in [6, 6.07) is 8.38. The lowest BCUT2D eigenvalue weighted by molar-refractivity contribution is -0.383. The summed E-state index contributed by atoms with van der Waals surface area (Å²) >= 11 is 2.08. The lowest BCUT2D eigenvalue weighted by Gasteiger charge is -1.98. The molecular formula is C9H5IN2O2. The molecule has 14 heavy (non-hydrogen) atoms. The first-order valence-corrected chi connectivity index (χ1v) is 4.96. The zero-order chi connectivity index (χ0) is 10.1. The minimum absolute atomic E-state index is 0.103. The molecule has 0 unspecified atom stereocenters. The third kappa shape index (κ3) is 1.54. The molecule has 0 spiro atoms. The van der Waals surface area contributed by atoms with Gasteiger partial charge < -0.3 is 0 Å². The maximum absolute atomic E-state index is 10.7. The number of halogens is 1. The van der Waals surface area contributed by atoms with Crippen LogP contribution in [0.25, 0.3) is 10.9 Å². The number of nitrogens with zero attached hydrogens (tertiary/aromatic N) is 2. The molecule has 0 amide bonds. The highest BCUT2D eigenvalue weighted by molar-refractivity contribution is 14.1. The van der Waals surface area contributed by atoms with E-state index in [1.165, 1.54) is 6.07 Å². The quantitative estimate of drug-likeness (QED) is 0.352. The van der Waals surface area contributed by atoms with Gasteiger partial charge in [-0.05, 0) is 40.8 Å². The van der Waals surface area contributed by atoms with Gasteiger partial charge >= 0.3 is 0 Å². The molecule has 1 heterocycles. The average Bonchev–Trinajstić information content (AvgIpc) is 2.16. The van der Waals surface area contributed by atoms with Crippen molar-refractivity contribution >= 4 is 39.2 Å². The van der Waals surface area contributed by atoms with E-state index < -0.39 is 4.92 Å². The van der Waals surface area contributed by atoms with E-state index in [2.05, 4.69) is 27.6 Å². The molecule has 0 fully saturated rings. The Morgan fingerprint density at radius 3 is 2.79 bits per heavy atom. The minimum Gasteiger partial charge on any atom is -0.258 e. The molecular weight excluding hydrogens is 295 g/mol. The minimum atomic E-state index is -0.392. The molecule has 5 heteroatoms. The van der Waals surface area contributed by atoms with Gasteiger partial charge in [0.1, 0.15) is 3.70 Å². The molecule has 0 saturated heterocycles. The van der Waals surface area contributed by atoms with Gasteiger partial charge in [0.25, 0.3) is 5.69 Å². The summed E-state index contributed by atoms with van der Waals surface area (Å²) in [5.41, 5.74) is 0.762. The highest BCUT2D eigenvalue weighted by Crippen LogP contribution is 2.24. The molecule has 0 radical (unpaired) electrons. The number of nitro groups is 1. The Kier molecular flexibility index (Phi) is 2.32. The fourth-order valence-electron chi connectivity index (χ4n) is 1.27. The van der Waals surface area contributed by atoms with Crippen molar-refractivity contribution in [2.75, 3.05) is 0 Å². The van der Waals surface area contributed by atoms with Gasteiger partial charge in [-0.15, -0.1) is 0 Å². The Bertz CT molecular complexity index is 513. The monoisotopic (exact) mass is 300 g/mol. The maximum Gasteiger partial charge on any atom is 0.278 e. The van der Waals surface area contributed by atoms with Crippen molar-refractivity contribution in [3.05, 3.63) is 44.1 Å². The van der Waals surface area contributed by atoms with Gasteiger partial charge in [-0.25, -0.2) is 4.98 Å². The summed E-state index contributed by atoms with van der Waals surface area (Å²) in [5.74, 6) is 0. The van der Waals surface area contributed by atoms with Crippen LogP contribution < -0.4 is 0 Å². The first kappa shape index (κ1) is 9.32. The number of non-ortho nitro benzene ring substituents is 1. The Balaban J connectivity index is 2.81. The number of hydrogen-bond acceptors (Lipinski definition) is 3. The van der Waals surface area contributed by atoms with Gasteiger partial charge in [-0.1, -0.05) is 6.07 Å². The summed E-state index contributed by atoms with van der Waals surface area (Å²) in [5, 5.41) is 11.3. The molecule has 2 aromatic rings. The first-order valence-electron chi connectivity index (χ1n) is 3.88. The normalized spacial score (nSPS) is 10.4. The zero-order valence-electron chi connectivity index (χ0n) is 6.98. The standard InChI is InChI=1S/C9H5IN2O2/c10-9-5-4-6-7(11-9)2-1-3-8(6)12(13)14/h1-5H.